The van der Waals surface area contributed by atoms with E-state index in [1.165, 1.54) is 0 Å². The monoisotopic (exact) mass is 311 g/mol. The van der Waals surface area contributed by atoms with Crippen LogP contribution >= 0.6 is 0 Å². The molecule has 23 heavy (non-hydrogen) atoms. The van der Waals surface area contributed by atoms with E-state index in [0.717, 1.165) is 43.1 Å². The summed E-state index contributed by atoms with van der Waals surface area (Å²) in [5.74, 6) is 0.816. The van der Waals surface area contributed by atoms with Crippen molar-refractivity contribution in [3.05, 3.63) is 48.3 Å². The molecule has 2 aromatic rings. The van der Waals surface area contributed by atoms with Gasteiger partial charge in [0.25, 0.3) is 5.91 Å². The molecule has 1 fully saturated rings. The summed E-state index contributed by atoms with van der Waals surface area (Å²) in [6, 6.07) is 11.4. The van der Waals surface area contributed by atoms with Gasteiger partial charge in [-0.1, -0.05) is 12.1 Å². The van der Waals surface area contributed by atoms with Crippen molar-refractivity contribution in [1.29, 1.82) is 0 Å². The van der Waals surface area contributed by atoms with E-state index in [0.29, 0.717) is 12.3 Å². The number of carbonyl (C=O) groups is 1. The second-order valence-electron chi connectivity index (χ2n) is 5.49. The Balaban J connectivity index is 1.71. The lowest BCUT2D eigenvalue weighted by atomic mass is 10.2. The summed E-state index contributed by atoms with van der Waals surface area (Å²) in [5, 5.41) is 3.28. The fourth-order valence-corrected chi connectivity index (χ4v) is 2.68. The van der Waals surface area contributed by atoms with Crippen LogP contribution in [0.25, 0.3) is 0 Å². The molecule has 1 N–H and O–H groups in total. The van der Waals surface area contributed by atoms with E-state index in [1.807, 2.05) is 42.2 Å². The van der Waals surface area contributed by atoms with Crippen LogP contribution in [0.3, 0.4) is 0 Å². The zero-order valence-electron chi connectivity index (χ0n) is 13.3. The van der Waals surface area contributed by atoms with E-state index >= 15 is 0 Å². The van der Waals surface area contributed by atoms with Gasteiger partial charge < -0.3 is 15.0 Å². The lowest BCUT2D eigenvalue weighted by Crippen LogP contribution is -2.28. The van der Waals surface area contributed by atoms with Crippen molar-refractivity contribution in [3.63, 3.8) is 0 Å². The third-order valence-electron chi connectivity index (χ3n) is 3.84. The molecule has 1 aliphatic heterocycles. The van der Waals surface area contributed by atoms with Crippen LogP contribution in [0.5, 0.6) is 5.75 Å². The number of aromatic nitrogens is 1. The Labute approximate surface area is 136 Å². The minimum absolute atomic E-state index is 0.0174. The molecule has 0 aliphatic carbocycles. The number of likely N-dealkylation sites (tertiary alicyclic amines) is 1. The van der Waals surface area contributed by atoms with Crippen molar-refractivity contribution >= 4 is 17.3 Å². The van der Waals surface area contributed by atoms with E-state index in [-0.39, 0.29) is 5.91 Å². The number of carbonyl (C=O) groups excluding carboxylic acids is 1. The van der Waals surface area contributed by atoms with Gasteiger partial charge in [0.2, 0.25) is 0 Å². The summed E-state index contributed by atoms with van der Waals surface area (Å²) < 4.78 is 5.59. The van der Waals surface area contributed by atoms with Gasteiger partial charge in [-0.25, -0.2) is 4.98 Å². The second kappa shape index (κ2) is 7.13. The zero-order chi connectivity index (χ0) is 16.1. The highest BCUT2D eigenvalue weighted by Crippen LogP contribution is 2.27. The molecule has 120 valence electrons. The maximum Gasteiger partial charge on any atom is 0.272 e. The molecule has 0 spiro atoms. The Bertz CT molecular complexity index is 664. The van der Waals surface area contributed by atoms with Crippen molar-refractivity contribution < 1.29 is 9.53 Å². The van der Waals surface area contributed by atoms with E-state index < -0.39 is 0 Å². The first-order valence-corrected chi connectivity index (χ1v) is 8.02. The maximum atomic E-state index is 12.3. The first-order valence-electron chi connectivity index (χ1n) is 8.02. The van der Waals surface area contributed by atoms with Crippen molar-refractivity contribution in [2.45, 2.75) is 19.8 Å². The van der Waals surface area contributed by atoms with E-state index in [4.69, 9.17) is 4.74 Å². The quantitative estimate of drug-likeness (QED) is 0.919. The predicted molar refractivity (Wildman–Crippen MR) is 90.3 cm³/mol. The second-order valence-corrected chi connectivity index (χ2v) is 5.49. The number of hydrogen-bond donors (Lipinski definition) is 1. The van der Waals surface area contributed by atoms with Crippen LogP contribution in [0.2, 0.25) is 0 Å². The molecule has 1 saturated heterocycles. The highest BCUT2D eigenvalue weighted by molar-refractivity contribution is 5.92. The normalized spacial score (nSPS) is 13.9. The number of amides is 1. The van der Waals surface area contributed by atoms with Gasteiger partial charge in [-0.05, 0) is 44.0 Å². The largest absolute Gasteiger partial charge is 0.492 e. The minimum atomic E-state index is 0.0174. The lowest BCUT2D eigenvalue weighted by molar-refractivity contribution is 0.0787. The number of nitrogens with one attached hydrogen (secondary N) is 1. The number of benzene rings is 1. The Kier molecular flexibility index (Phi) is 4.76. The fourth-order valence-electron chi connectivity index (χ4n) is 2.68. The number of anilines is 2. The number of rotatable bonds is 5. The number of ether oxygens (including phenoxy) is 1. The van der Waals surface area contributed by atoms with Gasteiger partial charge in [0.05, 0.1) is 24.2 Å². The SMILES string of the molecule is CCOc1ccccc1Nc1ccc(C(=O)N2CCCC2)nc1. The summed E-state index contributed by atoms with van der Waals surface area (Å²) in [5.41, 5.74) is 2.21. The van der Waals surface area contributed by atoms with Gasteiger partial charge in [-0.2, -0.15) is 0 Å². The minimum Gasteiger partial charge on any atom is -0.492 e. The summed E-state index contributed by atoms with van der Waals surface area (Å²) >= 11 is 0. The number of hydrogen-bond acceptors (Lipinski definition) is 4. The molecule has 1 amide bonds. The van der Waals surface area contributed by atoms with E-state index in [2.05, 4.69) is 10.3 Å². The smallest absolute Gasteiger partial charge is 0.272 e. The molecule has 0 saturated carbocycles. The molecule has 0 unspecified atom stereocenters. The fraction of sp³-hybridized carbons (Fsp3) is 0.333. The maximum absolute atomic E-state index is 12.3. The third-order valence-corrected chi connectivity index (χ3v) is 3.84. The molecule has 1 aliphatic rings. The zero-order valence-corrected chi connectivity index (χ0v) is 13.3. The summed E-state index contributed by atoms with van der Waals surface area (Å²) in [4.78, 5) is 18.4. The van der Waals surface area contributed by atoms with Crippen LogP contribution in [0, 0.1) is 0 Å². The Hall–Kier alpha value is -2.56. The molecule has 1 aromatic heterocycles. The molecule has 0 atom stereocenters. The van der Waals surface area contributed by atoms with Crippen LogP contribution in [0.4, 0.5) is 11.4 Å². The lowest BCUT2D eigenvalue weighted by Gasteiger charge is -2.15. The molecule has 5 heteroatoms. The molecule has 3 rings (SSSR count). The summed E-state index contributed by atoms with van der Waals surface area (Å²) in [6.07, 6.45) is 3.85. The topological polar surface area (TPSA) is 54.5 Å². The molecule has 5 nitrogen and oxygen atoms in total. The van der Waals surface area contributed by atoms with Crippen molar-refractivity contribution in [2.75, 3.05) is 25.0 Å². The number of pyridine rings is 1. The average Bonchev–Trinajstić information content (AvgIpc) is 3.11. The van der Waals surface area contributed by atoms with Crippen LogP contribution in [0.15, 0.2) is 42.6 Å². The van der Waals surface area contributed by atoms with Crippen molar-refractivity contribution in [1.82, 2.24) is 9.88 Å². The number of para-hydroxylation sites is 2. The molecular formula is C18H21N3O2. The van der Waals surface area contributed by atoms with Crippen LogP contribution < -0.4 is 10.1 Å². The van der Waals surface area contributed by atoms with Crippen LogP contribution in [0.1, 0.15) is 30.3 Å². The summed E-state index contributed by atoms with van der Waals surface area (Å²) in [6.45, 7) is 4.24. The molecular weight excluding hydrogens is 290 g/mol. The van der Waals surface area contributed by atoms with Gasteiger partial charge in [0, 0.05) is 13.1 Å². The van der Waals surface area contributed by atoms with Crippen molar-refractivity contribution in [3.8, 4) is 5.75 Å². The highest BCUT2D eigenvalue weighted by Gasteiger charge is 2.20. The van der Waals surface area contributed by atoms with Gasteiger partial charge >= 0.3 is 0 Å². The Morgan fingerprint density at radius 3 is 2.70 bits per heavy atom. The molecule has 0 bridgehead atoms. The van der Waals surface area contributed by atoms with Crippen molar-refractivity contribution in [2.24, 2.45) is 0 Å². The number of nitrogens with zero attached hydrogens (tertiary/aromatic N) is 2. The van der Waals surface area contributed by atoms with E-state index in [1.54, 1.807) is 12.3 Å². The highest BCUT2D eigenvalue weighted by atomic mass is 16.5. The van der Waals surface area contributed by atoms with Gasteiger partial charge in [0.15, 0.2) is 0 Å². The average molecular weight is 311 g/mol. The van der Waals surface area contributed by atoms with Crippen LogP contribution in [-0.4, -0.2) is 35.5 Å². The molecule has 2 heterocycles. The van der Waals surface area contributed by atoms with Crippen LogP contribution in [-0.2, 0) is 0 Å². The van der Waals surface area contributed by atoms with Gasteiger partial charge in [-0.3, -0.25) is 4.79 Å². The Morgan fingerprint density at radius 2 is 2.00 bits per heavy atom. The first-order chi connectivity index (χ1) is 11.3. The third kappa shape index (κ3) is 3.62. The standard InChI is InChI=1S/C18H21N3O2/c1-2-23-17-8-4-3-7-15(17)20-14-9-10-16(19-13-14)18(22)21-11-5-6-12-21/h3-4,7-10,13,20H,2,5-6,11-12H2,1H3. The van der Waals surface area contributed by atoms with Gasteiger partial charge in [0.1, 0.15) is 11.4 Å². The first kappa shape index (κ1) is 15.3. The van der Waals surface area contributed by atoms with E-state index in [9.17, 15) is 4.79 Å². The predicted octanol–water partition coefficient (Wildman–Crippen LogP) is 3.46. The Morgan fingerprint density at radius 1 is 1.22 bits per heavy atom. The summed E-state index contributed by atoms with van der Waals surface area (Å²) in [7, 11) is 0. The molecule has 0 radical (unpaired) electrons. The molecule has 1 aromatic carbocycles. The van der Waals surface area contributed by atoms with Gasteiger partial charge in [-0.15, -0.1) is 0 Å².